The minimum absolute atomic E-state index is 0.0140. The zero-order valence-corrected chi connectivity index (χ0v) is 15.9. The third-order valence-electron chi connectivity index (χ3n) is 4.83. The Morgan fingerprint density at radius 1 is 0.893 bits per heavy atom. The first-order valence-electron chi connectivity index (χ1n) is 9.18. The molecule has 1 aliphatic heterocycles. The van der Waals surface area contributed by atoms with E-state index in [1.807, 2.05) is 42.5 Å². The van der Waals surface area contributed by atoms with Gasteiger partial charge in [0, 0.05) is 34.1 Å². The Bertz CT molecular complexity index is 1020. The van der Waals surface area contributed by atoms with Crippen molar-refractivity contribution in [2.45, 2.75) is 12.8 Å². The zero-order valence-electron chi connectivity index (χ0n) is 15.2. The molecule has 2 amide bonds. The van der Waals surface area contributed by atoms with Crippen LogP contribution in [0.25, 0.3) is 0 Å². The average molecular weight is 391 g/mol. The Balaban J connectivity index is 1.57. The van der Waals surface area contributed by atoms with Crippen molar-refractivity contribution in [3.05, 3.63) is 94.5 Å². The molecular weight excluding hydrogens is 372 g/mol. The molecule has 0 fully saturated rings. The number of aryl methyl sites for hydroxylation is 1. The van der Waals surface area contributed by atoms with Crippen LogP contribution in [0.2, 0.25) is 5.02 Å². The highest BCUT2D eigenvalue weighted by molar-refractivity contribution is 6.30. The van der Waals surface area contributed by atoms with Crippen molar-refractivity contribution in [3.8, 4) is 0 Å². The monoisotopic (exact) mass is 390 g/mol. The number of hydrogen-bond donors (Lipinski definition) is 1. The van der Waals surface area contributed by atoms with Crippen LogP contribution in [0.15, 0.2) is 72.8 Å². The van der Waals surface area contributed by atoms with Crippen LogP contribution >= 0.6 is 11.6 Å². The normalized spacial score (nSPS) is 13.0. The molecule has 4 rings (SSSR count). The third-order valence-corrected chi connectivity index (χ3v) is 5.08. The molecule has 1 N–H and O–H groups in total. The number of carbonyl (C=O) groups excluding carboxylic acids is 2. The number of carbonyl (C=O) groups is 2. The van der Waals surface area contributed by atoms with E-state index < -0.39 is 0 Å². The van der Waals surface area contributed by atoms with Gasteiger partial charge in [0.25, 0.3) is 11.8 Å². The van der Waals surface area contributed by atoms with Crippen LogP contribution in [0.4, 0.5) is 11.4 Å². The summed E-state index contributed by atoms with van der Waals surface area (Å²) in [6, 6.07) is 21.8. The van der Waals surface area contributed by atoms with Gasteiger partial charge in [-0.1, -0.05) is 29.8 Å². The molecule has 0 spiro atoms. The van der Waals surface area contributed by atoms with Gasteiger partial charge in [-0.3, -0.25) is 9.59 Å². The van der Waals surface area contributed by atoms with Gasteiger partial charge < -0.3 is 10.2 Å². The van der Waals surface area contributed by atoms with E-state index in [4.69, 9.17) is 11.6 Å². The quantitative estimate of drug-likeness (QED) is 0.669. The first-order chi connectivity index (χ1) is 13.6. The molecule has 0 saturated heterocycles. The van der Waals surface area contributed by atoms with Gasteiger partial charge in [0.2, 0.25) is 0 Å². The summed E-state index contributed by atoms with van der Waals surface area (Å²) in [6.45, 7) is 0.678. The largest absolute Gasteiger partial charge is 0.322 e. The van der Waals surface area contributed by atoms with Crippen LogP contribution in [0.5, 0.6) is 0 Å². The van der Waals surface area contributed by atoms with Gasteiger partial charge in [-0.25, -0.2) is 0 Å². The van der Waals surface area contributed by atoms with E-state index in [1.54, 1.807) is 35.2 Å². The Kier molecular flexibility index (Phi) is 5.13. The molecule has 28 heavy (non-hydrogen) atoms. The van der Waals surface area contributed by atoms with Gasteiger partial charge in [0.05, 0.1) is 0 Å². The molecule has 0 saturated carbocycles. The molecule has 0 aromatic heterocycles. The number of benzene rings is 3. The highest BCUT2D eigenvalue weighted by atomic mass is 35.5. The SMILES string of the molecule is O=C(Nc1ccc(Cl)cc1)c1ccc2c(c1)CCCN2C(=O)c1ccccc1. The number of anilines is 2. The number of rotatable bonds is 3. The van der Waals surface area contributed by atoms with Crippen LogP contribution < -0.4 is 10.2 Å². The van der Waals surface area contributed by atoms with Gasteiger partial charge in [0.15, 0.2) is 0 Å². The maximum atomic E-state index is 12.9. The second-order valence-corrected chi connectivity index (χ2v) is 7.17. The van der Waals surface area contributed by atoms with Crippen molar-refractivity contribution >= 4 is 34.8 Å². The smallest absolute Gasteiger partial charge is 0.258 e. The van der Waals surface area contributed by atoms with E-state index in [0.717, 1.165) is 24.1 Å². The number of halogens is 1. The van der Waals surface area contributed by atoms with Crippen LogP contribution in [0.1, 0.15) is 32.7 Å². The van der Waals surface area contributed by atoms with Crippen molar-refractivity contribution in [2.75, 3.05) is 16.8 Å². The fraction of sp³-hybridized carbons (Fsp3) is 0.130. The number of nitrogens with zero attached hydrogens (tertiary/aromatic N) is 1. The third kappa shape index (κ3) is 3.78. The molecule has 3 aromatic rings. The minimum Gasteiger partial charge on any atom is -0.322 e. The van der Waals surface area contributed by atoms with Crippen molar-refractivity contribution in [1.29, 1.82) is 0 Å². The van der Waals surface area contributed by atoms with Crippen LogP contribution in [0, 0.1) is 0 Å². The molecule has 4 nitrogen and oxygen atoms in total. The summed E-state index contributed by atoms with van der Waals surface area (Å²) in [6.07, 6.45) is 1.71. The highest BCUT2D eigenvalue weighted by Crippen LogP contribution is 2.29. The summed E-state index contributed by atoms with van der Waals surface area (Å²) < 4.78 is 0. The maximum absolute atomic E-state index is 12.9. The van der Waals surface area contributed by atoms with Crippen molar-refractivity contribution in [2.24, 2.45) is 0 Å². The van der Waals surface area contributed by atoms with Crippen molar-refractivity contribution in [3.63, 3.8) is 0 Å². The molecule has 1 heterocycles. The van der Waals surface area contributed by atoms with E-state index >= 15 is 0 Å². The maximum Gasteiger partial charge on any atom is 0.258 e. The number of fused-ring (bicyclic) bond motifs is 1. The molecule has 0 bridgehead atoms. The topological polar surface area (TPSA) is 49.4 Å². The second kappa shape index (κ2) is 7.87. The lowest BCUT2D eigenvalue weighted by atomic mass is 9.98. The first kappa shape index (κ1) is 18.3. The van der Waals surface area contributed by atoms with E-state index in [9.17, 15) is 9.59 Å². The fourth-order valence-corrected chi connectivity index (χ4v) is 3.55. The summed E-state index contributed by atoms with van der Waals surface area (Å²) in [5.41, 5.74) is 3.82. The Hall–Kier alpha value is -3.11. The van der Waals surface area contributed by atoms with Crippen molar-refractivity contribution in [1.82, 2.24) is 0 Å². The number of nitrogens with one attached hydrogen (secondary N) is 1. The lowest BCUT2D eigenvalue weighted by Gasteiger charge is -2.30. The molecule has 0 atom stereocenters. The summed E-state index contributed by atoms with van der Waals surface area (Å²) in [5.74, 6) is -0.198. The summed E-state index contributed by atoms with van der Waals surface area (Å²) in [7, 11) is 0. The Morgan fingerprint density at radius 2 is 1.64 bits per heavy atom. The second-order valence-electron chi connectivity index (χ2n) is 6.73. The van der Waals surface area contributed by atoms with Crippen LogP contribution in [0.3, 0.4) is 0 Å². The highest BCUT2D eigenvalue weighted by Gasteiger charge is 2.24. The molecular formula is C23H19ClN2O2. The predicted octanol–water partition coefficient (Wildman–Crippen LogP) is 5.19. The minimum atomic E-state index is -0.184. The number of amides is 2. The van der Waals surface area contributed by atoms with Gasteiger partial charge in [-0.2, -0.15) is 0 Å². The lowest BCUT2D eigenvalue weighted by Crippen LogP contribution is -2.35. The Morgan fingerprint density at radius 3 is 2.39 bits per heavy atom. The van der Waals surface area contributed by atoms with Gasteiger partial charge >= 0.3 is 0 Å². The van der Waals surface area contributed by atoms with E-state index in [1.165, 1.54) is 0 Å². The summed E-state index contributed by atoms with van der Waals surface area (Å²) in [5, 5.41) is 3.49. The zero-order chi connectivity index (χ0) is 19.5. The lowest BCUT2D eigenvalue weighted by molar-refractivity contribution is 0.0984. The molecule has 140 valence electrons. The van der Waals surface area contributed by atoms with E-state index in [-0.39, 0.29) is 11.8 Å². The molecule has 3 aromatic carbocycles. The van der Waals surface area contributed by atoms with E-state index in [0.29, 0.717) is 28.4 Å². The van der Waals surface area contributed by atoms with Gasteiger partial charge in [-0.15, -0.1) is 0 Å². The molecule has 0 unspecified atom stereocenters. The predicted molar refractivity (Wildman–Crippen MR) is 112 cm³/mol. The fourth-order valence-electron chi connectivity index (χ4n) is 3.42. The van der Waals surface area contributed by atoms with E-state index in [2.05, 4.69) is 5.32 Å². The molecule has 5 heteroatoms. The summed E-state index contributed by atoms with van der Waals surface area (Å²) >= 11 is 5.88. The van der Waals surface area contributed by atoms with Crippen molar-refractivity contribution < 1.29 is 9.59 Å². The first-order valence-corrected chi connectivity index (χ1v) is 9.56. The number of hydrogen-bond acceptors (Lipinski definition) is 2. The van der Waals surface area contributed by atoms with Crippen LogP contribution in [-0.2, 0) is 6.42 Å². The van der Waals surface area contributed by atoms with Crippen LogP contribution in [-0.4, -0.2) is 18.4 Å². The molecule has 0 aliphatic carbocycles. The average Bonchev–Trinajstić information content (AvgIpc) is 2.74. The Labute approximate surface area is 168 Å². The summed E-state index contributed by atoms with van der Waals surface area (Å²) in [4.78, 5) is 27.3. The molecule has 1 aliphatic rings. The van der Waals surface area contributed by atoms with Gasteiger partial charge in [0.1, 0.15) is 0 Å². The van der Waals surface area contributed by atoms with Gasteiger partial charge in [-0.05, 0) is 73.0 Å². The standard InChI is InChI=1S/C23H19ClN2O2/c24-19-9-11-20(12-10-19)25-22(27)18-8-13-21-17(15-18)7-4-14-26(21)23(28)16-5-2-1-3-6-16/h1-3,5-6,8-13,15H,4,7,14H2,(H,25,27). The molecule has 0 radical (unpaired) electrons.